The van der Waals surface area contributed by atoms with E-state index in [1.54, 1.807) is 0 Å². The van der Waals surface area contributed by atoms with Crippen molar-refractivity contribution < 1.29 is 9.84 Å². The average molecular weight is 354 g/mol. The van der Waals surface area contributed by atoms with Gasteiger partial charge in [0.05, 0.1) is 6.61 Å². The number of hydrogen-bond acceptors (Lipinski definition) is 2. The number of fused-ring (bicyclic) bond motifs is 4. The molecule has 0 bridgehead atoms. The number of aliphatic hydroxyl groups is 1. The molecule has 1 unspecified atom stereocenters. The largest absolute Gasteiger partial charge is 0.484 e. The summed E-state index contributed by atoms with van der Waals surface area (Å²) in [4.78, 5) is 0. The molecule has 1 aliphatic carbocycles. The van der Waals surface area contributed by atoms with Crippen molar-refractivity contribution in [2.45, 2.75) is 32.0 Å². The number of aliphatic hydroxyl groups excluding tert-OH is 1. The van der Waals surface area contributed by atoms with Gasteiger partial charge in [0.2, 0.25) is 0 Å². The number of rotatable bonds is 2. The lowest BCUT2D eigenvalue weighted by molar-refractivity contribution is 0.191. The van der Waals surface area contributed by atoms with E-state index >= 15 is 0 Å². The summed E-state index contributed by atoms with van der Waals surface area (Å²) in [7, 11) is 0. The first-order valence-corrected chi connectivity index (χ1v) is 9.40. The van der Waals surface area contributed by atoms with Gasteiger partial charge in [0.25, 0.3) is 0 Å². The molecule has 1 aliphatic heterocycles. The standard InChI is InChI=1S/C25H22O2/c1-25(2)22-12-11-18(17-9-7-16(15-26)8-10-17)13-19(22)14-21-20-5-3-4-6-23(20)27-24(21)25/h3-14,24,26H,15H2,1-2H3. The third-order valence-electron chi connectivity index (χ3n) is 5.91. The van der Waals surface area contributed by atoms with Crippen LogP contribution in [-0.2, 0) is 12.0 Å². The quantitative estimate of drug-likeness (QED) is 0.664. The van der Waals surface area contributed by atoms with Crippen molar-refractivity contribution in [2.75, 3.05) is 0 Å². The molecule has 1 heterocycles. The zero-order chi connectivity index (χ0) is 18.6. The minimum absolute atomic E-state index is 0.0529. The van der Waals surface area contributed by atoms with Crippen LogP contribution in [0.3, 0.4) is 0 Å². The van der Waals surface area contributed by atoms with Gasteiger partial charge in [0.15, 0.2) is 0 Å². The third-order valence-corrected chi connectivity index (χ3v) is 5.91. The highest BCUT2D eigenvalue weighted by atomic mass is 16.5. The van der Waals surface area contributed by atoms with Crippen LogP contribution in [0, 0.1) is 0 Å². The molecule has 0 amide bonds. The second-order valence-corrected chi connectivity index (χ2v) is 7.97. The van der Waals surface area contributed by atoms with Crippen molar-refractivity contribution >= 4 is 11.6 Å². The molecule has 5 rings (SSSR count). The van der Waals surface area contributed by atoms with Crippen LogP contribution in [0.25, 0.3) is 22.8 Å². The topological polar surface area (TPSA) is 29.5 Å². The maximum atomic E-state index is 9.26. The van der Waals surface area contributed by atoms with Crippen molar-refractivity contribution in [2.24, 2.45) is 0 Å². The molecule has 27 heavy (non-hydrogen) atoms. The van der Waals surface area contributed by atoms with Gasteiger partial charge < -0.3 is 9.84 Å². The molecule has 2 heteroatoms. The smallest absolute Gasteiger partial charge is 0.134 e. The van der Waals surface area contributed by atoms with Crippen LogP contribution in [0.5, 0.6) is 5.75 Å². The lowest BCUT2D eigenvalue weighted by Gasteiger charge is -2.37. The zero-order valence-electron chi connectivity index (χ0n) is 15.6. The summed E-state index contributed by atoms with van der Waals surface area (Å²) in [5.41, 5.74) is 8.25. The van der Waals surface area contributed by atoms with Crippen LogP contribution in [0.2, 0.25) is 0 Å². The van der Waals surface area contributed by atoms with Gasteiger partial charge in [-0.2, -0.15) is 0 Å². The number of para-hydroxylation sites is 1. The molecule has 2 nitrogen and oxygen atoms in total. The van der Waals surface area contributed by atoms with Gasteiger partial charge in [0.1, 0.15) is 11.9 Å². The highest BCUT2D eigenvalue weighted by Gasteiger charge is 2.44. The van der Waals surface area contributed by atoms with E-state index in [0.29, 0.717) is 0 Å². The molecular weight excluding hydrogens is 332 g/mol. The van der Waals surface area contributed by atoms with E-state index in [4.69, 9.17) is 4.74 Å². The van der Waals surface area contributed by atoms with Gasteiger partial charge in [-0.05, 0) is 46.0 Å². The van der Waals surface area contributed by atoms with Crippen molar-refractivity contribution in [3.05, 3.63) is 89.0 Å². The first-order chi connectivity index (χ1) is 13.1. The zero-order valence-corrected chi connectivity index (χ0v) is 15.6. The molecule has 0 aromatic heterocycles. The first kappa shape index (κ1) is 16.3. The Balaban J connectivity index is 1.64. The Morgan fingerprint density at radius 3 is 2.44 bits per heavy atom. The van der Waals surface area contributed by atoms with E-state index in [9.17, 15) is 5.11 Å². The summed E-state index contributed by atoms with van der Waals surface area (Å²) >= 11 is 0. The van der Waals surface area contributed by atoms with Gasteiger partial charge in [-0.3, -0.25) is 0 Å². The third kappa shape index (κ3) is 2.44. The Kier molecular flexibility index (Phi) is 3.53. The second kappa shape index (κ2) is 5.83. The lowest BCUT2D eigenvalue weighted by atomic mass is 9.70. The normalized spacial score (nSPS) is 18.8. The number of benzene rings is 3. The monoisotopic (exact) mass is 354 g/mol. The predicted octanol–water partition coefficient (Wildman–Crippen LogP) is 5.44. The molecule has 1 N–H and O–H groups in total. The predicted molar refractivity (Wildman–Crippen MR) is 110 cm³/mol. The average Bonchev–Trinajstić information content (AvgIpc) is 3.08. The SMILES string of the molecule is CC1(C)c2ccc(-c3ccc(CO)cc3)cc2C=C2c3ccccc3OC21. The Hall–Kier alpha value is -2.84. The van der Waals surface area contributed by atoms with E-state index in [1.165, 1.54) is 27.8 Å². The van der Waals surface area contributed by atoms with Gasteiger partial charge in [-0.25, -0.2) is 0 Å². The van der Waals surface area contributed by atoms with Gasteiger partial charge in [-0.1, -0.05) is 68.4 Å². The van der Waals surface area contributed by atoms with Crippen LogP contribution in [0.15, 0.2) is 66.7 Å². The second-order valence-electron chi connectivity index (χ2n) is 7.97. The number of hydrogen-bond donors (Lipinski definition) is 1. The fraction of sp³-hybridized carbons (Fsp3) is 0.200. The molecule has 3 aromatic rings. The van der Waals surface area contributed by atoms with Gasteiger partial charge >= 0.3 is 0 Å². The first-order valence-electron chi connectivity index (χ1n) is 9.40. The van der Waals surface area contributed by atoms with Crippen molar-refractivity contribution in [1.29, 1.82) is 0 Å². The fourth-order valence-corrected chi connectivity index (χ4v) is 4.39. The maximum absolute atomic E-state index is 9.26. The highest BCUT2D eigenvalue weighted by Crippen LogP contribution is 2.50. The van der Waals surface area contributed by atoms with Gasteiger partial charge in [0, 0.05) is 16.6 Å². The van der Waals surface area contributed by atoms with Crippen LogP contribution >= 0.6 is 0 Å². The molecule has 2 aliphatic rings. The highest BCUT2D eigenvalue weighted by molar-refractivity contribution is 5.93. The van der Waals surface area contributed by atoms with E-state index in [0.717, 1.165) is 16.9 Å². The summed E-state index contributed by atoms with van der Waals surface area (Å²) in [6.45, 7) is 4.61. The summed E-state index contributed by atoms with van der Waals surface area (Å²) in [5.74, 6) is 0.981. The van der Waals surface area contributed by atoms with E-state index < -0.39 is 0 Å². The lowest BCUT2D eigenvalue weighted by Crippen LogP contribution is -2.39. The minimum Gasteiger partial charge on any atom is -0.484 e. The molecular formula is C25H22O2. The van der Waals surface area contributed by atoms with Crippen molar-refractivity contribution in [3.8, 4) is 16.9 Å². The molecule has 1 atom stereocenters. The fourth-order valence-electron chi connectivity index (χ4n) is 4.39. The Morgan fingerprint density at radius 1 is 0.926 bits per heavy atom. The Bertz CT molecular complexity index is 1060. The summed E-state index contributed by atoms with van der Waals surface area (Å²) in [5, 5.41) is 9.26. The molecule has 0 radical (unpaired) electrons. The summed E-state index contributed by atoms with van der Waals surface area (Å²) in [6, 6.07) is 23.1. The van der Waals surface area contributed by atoms with Crippen molar-refractivity contribution in [1.82, 2.24) is 0 Å². The number of ether oxygens (including phenoxy) is 1. The minimum atomic E-state index is -0.0995. The molecule has 134 valence electrons. The van der Waals surface area contributed by atoms with E-state index in [-0.39, 0.29) is 18.1 Å². The summed E-state index contributed by atoms with van der Waals surface area (Å²) < 4.78 is 6.33. The maximum Gasteiger partial charge on any atom is 0.134 e. The Morgan fingerprint density at radius 2 is 1.67 bits per heavy atom. The molecule has 0 saturated carbocycles. The molecule has 3 aromatic carbocycles. The molecule has 0 spiro atoms. The van der Waals surface area contributed by atoms with Crippen LogP contribution in [0.1, 0.15) is 36.1 Å². The van der Waals surface area contributed by atoms with Crippen LogP contribution in [0.4, 0.5) is 0 Å². The summed E-state index contributed by atoms with van der Waals surface area (Å²) in [6.07, 6.45) is 2.35. The van der Waals surface area contributed by atoms with E-state index in [2.05, 4.69) is 68.5 Å². The van der Waals surface area contributed by atoms with Crippen LogP contribution < -0.4 is 4.74 Å². The molecule has 0 saturated heterocycles. The van der Waals surface area contributed by atoms with Crippen LogP contribution in [-0.4, -0.2) is 11.2 Å². The molecule has 0 fully saturated rings. The Labute approximate surface area is 159 Å². The van der Waals surface area contributed by atoms with E-state index in [1.807, 2.05) is 18.2 Å². The van der Waals surface area contributed by atoms with Gasteiger partial charge in [-0.15, -0.1) is 0 Å². The van der Waals surface area contributed by atoms with Crippen molar-refractivity contribution in [3.63, 3.8) is 0 Å².